The van der Waals surface area contributed by atoms with E-state index in [1.54, 1.807) is 54.6 Å². The summed E-state index contributed by atoms with van der Waals surface area (Å²) in [6.45, 7) is 4.49. The highest BCUT2D eigenvalue weighted by Gasteiger charge is 2.48. The van der Waals surface area contributed by atoms with Gasteiger partial charge in [-0.05, 0) is 73.5 Å². The van der Waals surface area contributed by atoms with Crippen molar-refractivity contribution in [2.24, 2.45) is 0 Å². The predicted octanol–water partition coefficient (Wildman–Crippen LogP) is 7.57. The monoisotopic (exact) mass is 671 g/mol. The van der Waals surface area contributed by atoms with Crippen molar-refractivity contribution in [1.29, 1.82) is 0 Å². The van der Waals surface area contributed by atoms with Crippen LogP contribution in [0.5, 0.6) is 17.2 Å². The van der Waals surface area contributed by atoms with Crippen LogP contribution in [0.4, 0.5) is 5.13 Å². The second kappa shape index (κ2) is 13.9. The van der Waals surface area contributed by atoms with E-state index >= 15 is 0 Å². The Bertz CT molecular complexity index is 1730. The minimum absolute atomic E-state index is 0.0934. The number of amides is 1. The van der Waals surface area contributed by atoms with Crippen molar-refractivity contribution in [1.82, 2.24) is 10.2 Å². The number of carbonyl (C=O) groups is 2. The number of nitrogens with zero attached hydrogens (tertiary/aromatic N) is 3. The Morgan fingerprint density at radius 1 is 0.977 bits per heavy atom. The van der Waals surface area contributed by atoms with E-state index in [0.717, 1.165) is 16.9 Å². The van der Waals surface area contributed by atoms with Crippen molar-refractivity contribution in [3.8, 4) is 17.2 Å². The molecule has 0 aliphatic carbocycles. The molecule has 0 bridgehead atoms. The second-order valence-corrected chi connectivity index (χ2v) is 12.4. The van der Waals surface area contributed by atoms with E-state index in [0.29, 0.717) is 61.7 Å². The zero-order chi connectivity index (χ0) is 31.4. The predicted molar refractivity (Wildman–Crippen MR) is 172 cm³/mol. The highest BCUT2D eigenvalue weighted by Crippen LogP contribution is 2.46. The van der Waals surface area contributed by atoms with E-state index < -0.39 is 17.7 Å². The van der Waals surface area contributed by atoms with Crippen molar-refractivity contribution in [2.75, 3.05) is 25.2 Å². The van der Waals surface area contributed by atoms with Gasteiger partial charge in [-0.15, -0.1) is 10.2 Å². The first-order chi connectivity index (χ1) is 21.2. The smallest absolute Gasteiger partial charge is 0.301 e. The van der Waals surface area contributed by atoms with Crippen molar-refractivity contribution in [3.63, 3.8) is 0 Å². The zero-order valence-corrected chi connectivity index (χ0v) is 27.0. The first kappa shape index (κ1) is 31.6. The summed E-state index contributed by atoms with van der Waals surface area (Å²) >= 11 is 14.9. The number of thioether (sulfide) groups is 1. The van der Waals surface area contributed by atoms with Crippen LogP contribution in [-0.4, -0.2) is 47.3 Å². The number of anilines is 1. The normalized spacial score (nSPS) is 15.9. The molecule has 3 aromatic carbocycles. The van der Waals surface area contributed by atoms with Gasteiger partial charge in [0.25, 0.3) is 5.78 Å². The van der Waals surface area contributed by atoms with Gasteiger partial charge in [-0.3, -0.25) is 14.5 Å². The third-order valence-corrected chi connectivity index (χ3v) is 9.35. The SMILES string of the molecule is CCOc1ccc(C2C(=C(O)c3ccc(OC)cc3)C(=O)C(=O)N2c2nnc(SCc3ccc(Cl)cc3Cl)s2)cc1OCC. The number of rotatable bonds is 11. The first-order valence-corrected chi connectivity index (χ1v) is 16.1. The van der Waals surface area contributed by atoms with Gasteiger partial charge in [0.1, 0.15) is 11.5 Å². The number of aromatic nitrogens is 2. The summed E-state index contributed by atoms with van der Waals surface area (Å²) in [6, 6.07) is 15.9. The molecule has 44 heavy (non-hydrogen) atoms. The number of aliphatic hydroxyl groups is 1. The molecule has 0 saturated carbocycles. The molecule has 228 valence electrons. The summed E-state index contributed by atoms with van der Waals surface area (Å²) in [6.07, 6.45) is 0. The summed E-state index contributed by atoms with van der Waals surface area (Å²) in [5.41, 5.74) is 1.63. The van der Waals surface area contributed by atoms with Gasteiger partial charge < -0.3 is 19.3 Å². The number of hydrogen-bond acceptors (Lipinski definition) is 10. The highest BCUT2D eigenvalue weighted by molar-refractivity contribution is 8.00. The molecule has 1 atom stereocenters. The molecule has 1 fully saturated rings. The Labute approximate surface area is 272 Å². The summed E-state index contributed by atoms with van der Waals surface area (Å²) in [7, 11) is 1.53. The summed E-state index contributed by atoms with van der Waals surface area (Å²) < 4.78 is 17.3. The fourth-order valence-corrected chi connectivity index (χ4v) is 7.05. The van der Waals surface area contributed by atoms with Gasteiger partial charge in [0, 0.05) is 21.4 Å². The van der Waals surface area contributed by atoms with Gasteiger partial charge in [0.2, 0.25) is 5.13 Å². The van der Waals surface area contributed by atoms with E-state index in [2.05, 4.69) is 10.2 Å². The van der Waals surface area contributed by atoms with Crippen LogP contribution in [0.2, 0.25) is 10.0 Å². The van der Waals surface area contributed by atoms with Crippen LogP contribution >= 0.6 is 46.3 Å². The van der Waals surface area contributed by atoms with Gasteiger partial charge in [0.15, 0.2) is 15.8 Å². The van der Waals surface area contributed by atoms with Crippen molar-refractivity contribution >= 4 is 68.9 Å². The molecule has 1 aromatic heterocycles. The number of benzene rings is 3. The van der Waals surface area contributed by atoms with Crippen LogP contribution in [-0.2, 0) is 15.3 Å². The van der Waals surface area contributed by atoms with Crippen LogP contribution < -0.4 is 19.1 Å². The molecule has 0 spiro atoms. The Balaban J connectivity index is 1.57. The molecule has 1 saturated heterocycles. The van der Waals surface area contributed by atoms with Gasteiger partial charge in [0.05, 0.1) is 31.9 Å². The molecular formula is C31H27Cl2N3O6S2. The largest absolute Gasteiger partial charge is 0.507 e. The lowest BCUT2D eigenvalue weighted by Crippen LogP contribution is -2.29. The molecule has 1 N–H and O–H groups in total. The van der Waals surface area contributed by atoms with Crippen molar-refractivity contribution in [2.45, 2.75) is 30.0 Å². The lowest BCUT2D eigenvalue weighted by molar-refractivity contribution is -0.132. The number of halogens is 2. The molecule has 5 rings (SSSR count). The second-order valence-electron chi connectivity index (χ2n) is 9.34. The van der Waals surface area contributed by atoms with Crippen LogP contribution in [0.1, 0.15) is 36.6 Å². The number of carbonyl (C=O) groups excluding carboxylic acids is 2. The molecule has 1 amide bonds. The zero-order valence-electron chi connectivity index (χ0n) is 23.9. The number of aliphatic hydroxyl groups excluding tert-OH is 1. The Morgan fingerprint density at radius 3 is 2.39 bits per heavy atom. The maximum atomic E-state index is 13.6. The maximum absolute atomic E-state index is 13.6. The number of hydrogen-bond donors (Lipinski definition) is 1. The Hall–Kier alpha value is -3.77. The van der Waals surface area contributed by atoms with Crippen LogP contribution in [0.15, 0.2) is 70.6 Å². The third kappa shape index (κ3) is 6.51. The number of ether oxygens (including phenoxy) is 3. The molecule has 1 aliphatic heterocycles. The number of methoxy groups -OCH3 is 1. The van der Waals surface area contributed by atoms with Gasteiger partial charge >= 0.3 is 5.91 Å². The topological polar surface area (TPSA) is 111 Å². The highest BCUT2D eigenvalue weighted by atomic mass is 35.5. The minimum Gasteiger partial charge on any atom is -0.507 e. The van der Waals surface area contributed by atoms with Crippen LogP contribution in [0.25, 0.3) is 5.76 Å². The van der Waals surface area contributed by atoms with E-state index in [1.165, 1.54) is 23.8 Å². The van der Waals surface area contributed by atoms with Crippen molar-refractivity contribution < 1.29 is 28.9 Å². The average molecular weight is 673 g/mol. The molecule has 1 unspecified atom stereocenters. The molecular weight excluding hydrogens is 645 g/mol. The molecule has 13 heteroatoms. The maximum Gasteiger partial charge on any atom is 0.301 e. The summed E-state index contributed by atoms with van der Waals surface area (Å²) in [4.78, 5) is 28.5. The lowest BCUT2D eigenvalue weighted by atomic mass is 9.95. The van der Waals surface area contributed by atoms with Crippen LogP contribution in [0.3, 0.4) is 0 Å². The van der Waals surface area contributed by atoms with E-state index in [1.807, 2.05) is 19.9 Å². The van der Waals surface area contributed by atoms with Gasteiger partial charge in [-0.1, -0.05) is 58.4 Å². The first-order valence-electron chi connectivity index (χ1n) is 13.5. The fourth-order valence-electron chi connectivity index (χ4n) is 4.62. The summed E-state index contributed by atoms with van der Waals surface area (Å²) in [5.74, 6) is -0.0122. The number of ketones is 1. The molecule has 4 aromatic rings. The molecule has 1 aliphatic rings. The molecule has 2 heterocycles. The van der Waals surface area contributed by atoms with E-state index in [4.69, 9.17) is 37.4 Å². The minimum atomic E-state index is -1.02. The number of Topliss-reactive ketones (excluding diaryl/α,β-unsaturated/α-hetero) is 1. The molecule has 9 nitrogen and oxygen atoms in total. The van der Waals surface area contributed by atoms with Gasteiger partial charge in [-0.2, -0.15) is 0 Å². The van der Waals surface area contributed by atoms with Gasteiger partial charge in [-0.25, -0.2) is 0 Å². The Kier molecular flexibility index (Phi) is 10.00. The quantitative estimate of drug-likeness (QED) is 0.0567. The molecule has 0 radical (unpaired) electrons. The standard InChI is InChI=1S/C31H27Cl2N3O6S2/c1-4-41-23-13-9-18(14-24(23)42-5-2)26-25(27(37)17-7-11-21(40-3)12-8-17)28(38)29(39)36(26)30-34-35-31(44-30)43-16-19-6-10-20(32)15-22(19)33/h6-15,26,37H,4-5,16H2,1-3H3. The fraction of sp³-hybridized carbons (Fsp3) is 0.226. The summed E-state index contributed by atoms with van der Waals surface area (Å²) in [5, 5.41) is 21.3. The Morgan fingerprint density at radius 2 is 1.70 bits per heavy atom. The average Bonchev–Trinajstić information content (AvgIpc) is 3.59. The van der Waals surface area contributed by atoms with Crippen molar-refractivity contribution in [3.05, 3.63) is 93.0 Å². The van der Waals surface area contributed by atoms with E-state index in [9.17, 15) is 14.7 Å². The lowest BCUT2D eigenvalue weighted by Gasteiger charge is -2.23. The van der Waals surface area contributed by atoms with E-state index in [-0.39, 0.29) is 16.5 Å². The third-order valence-electron chi connectivity index (χ3n) is 6.66. The van der Waals surface area contributed by atoms with Crippen LogP contribution in [0, 0.1) is 0 Å².